The highest BCUT2D eigenvalue weighted by molar-refractivity contribution is 5.70. The lowest BCUT2D eigenvalue weighted by Crippen LogP contribution is -2.46. The van der Waals surface area contributed by atoms with E-state index >= 15 is 0 Å². The summed E-state index contributed by atoms with van der Waals surface area (Å²) in [7, 11) is 0. The molecule has 4 heteroatoms. The van der Waals surface area contributed by atoms with Gasteiger partial charge in [-0.15, -0.1) is 0 Å². The molecule has 0 unspecified atom stereocenters. The molecule has 2 fully saturated rings. The fourth-order valence-electron chi connectivity index (χ4n) is 1.70. The van der Waals surface area contributed by atoms with Crippen molar-refractivity contribution < 1.29 is 14.6 Å². The third kappa shape index (κ3) is 0.976. The van der Waals surface area contributed by atoms with E-state index in [-0.39, 0.29) is 18.2 Å². The number of piperidine rings is 1. The molecule has 1 amide bonds. The van der Waals surface area contributed by atoms with E-state index < -0.39 is 0 Å². The predicted octanol–water partition coefficient (Wildman–Crippen LogP) is -0.0381. The zero-order chi connectivity index (χ0) is 7.84. The Labute approximate surface area is 64.7 Å². The van der Waals surface area contributed by atoms with E-state index in [9.17, 15) is 9.90 Å². The number of aliphatic hydroxyl groups is 1. The molecule has 62 valence electrons. The van der Waals surface area contributed by atoms with Gasteiger partial charge in [-0.05, 0) is 12.8 Å². The molecule has 0 aromatic rings. The highest BCUT2D eigenvalue weighted by Gasteiger charge is 2.39. The molecule has 0 aromatic carbocycles. The van der Waals surface area contributed by atoms with E-state index in [4.69, 9.17) is 4.74 Å². The summed E-state index contributed by atoms with van der Waals surface area (Å²) in [6.45, 7) is 1.10. The van der Waals surface area contributed by atoms with Crippen LogP contribution in [-0.2, 0) is 4.74 Å². The molecular formula is C7H11NO3. The van der Waals surface area contributed by atoms with Crippen molar-refractivity contribution in [2.45, 2.75) is 25.0 Å². The van der Waals surface area contributed by atoms with Crippen LogP contribution in [0.4, 0.5) is 4.79 Å². The number of fused-ring (bicyclic) bond motifs is 1. The van der Waals surface area contributed by atoms with Crippen LogP contribution in [0.5, 0.6) is 0 Å². The molecule has 2 saturated heterocycles. The van der Waals surface area contributed by atoms with Crippen LogP contribution in [0.3, 0.4) is 0 Å². The molecule has 2 aliphatic rings. The molecule has 2 aliphatic heterocycles. The molecule has 4 nitrogen and oxygen atoms in total. The maximum atomic E-state index is 10.9. The Kier molecular flexibility index (Phi) is 1.49. The fourth-order valence-corrected chi connectivity index (χ4v) is 1.70. The predicted molar refractivity (Wildman–Crippen MR) is 37.1 cm³/mol. The maximum Gasteiger partial charge on any atom is 0.410 e. The first-order valence-corrected chi connectivity index (χ1v) is 3.90. The van der Waals surface area contributed by atoms with Crippen molar-refractivity contribution in [1.82, 2.24) is 4.90 Å². The molecule has 11 heavy (non-hydrogen) atoms. The molecule has 0 aliphatic carbocycles. The SMILES string of the molecule is O=C1OC[C@H]2[C@H](O)CCCN12. The Bertz CT molecular complexity index is 183. The van der Waals surface area contributed by atoms with E-state index in [0.29, 0.717) is 6.61 Å². The van der Waals surface area contributed by atoms with E-state index in [1.807, 2.05) is 0 Å². The average molecular weight is 157 g/mol. The monoisotopic (exact) mass is 157 g/mol. The van der Waals surface area contributed by atoms with Gasteiger partial charge in [0.05, 0.1) is 12.1 Å². The molecule has 0 spiro atoms. The zero-order valence-corrected chi connectivity index (χ0v) is 6.19. The van der Waals surface area contributed by atoms with Crippen LogP contribution in [-0.4, -0.2) is 41.4 Å². The van der Waals surface area contributed by atoms with Gasteiger partial charge in [-0.1, -0.05) is 0 Å². The third-order valence-corrected chi connectivity index (χ3v) is 2.36. The summed E-state index contributed by atoms with van der Waals surface area (Å²) in [5.41, 5.74) is 0. The summed E-state index contributed by atoms with van der Waals surface area (Å²) in [5.74, 6) is 0. The summed E-state index contributed by atoms with van der Waals surface area (Å²) in [5, 5.41) is 9.42. The van der Waals surface area contributed by atoms with Gasteiger partial charge < -0.3 is 9.84 Å². The summed E-state index contributed by atoms with van der Waals surface area (Å²) < 4.78 is 4.80. The number of hydrogen-bond acceptors (Lipinski definition) is 3. The van der Waals surface area contributed by atoms with Crippen molar-refractivity contribution in [2.75, 3.05) is 13.2 Å². The Balaban J connectivity index is 2.12. The molecule has 1 N–H and O–H groups in total. The first kappa shape index (κ1) is 6.91. The van der Waals surface area contributed by atoms with Gasteiger partial charge in [-0.2, -0.15) is 0 Å². The van der Waals surface area contributed by atoms with Gasteiger partial charge in [0.1, 0.15) is 6.61 Å². The quantitative estimate of drug-likeness (QED) is 0.537. The van der Waals surface area contributed by atoms with Crippen molar-refractivity contribution in [3.8, 4) is 0 Å². The minimum absolute atomic E-state index is 0.0729. The van der Waals surface area contributed by atoms with Crippen molar-refractivity contribution in [1.29, 1.82) is 0 Å². The van der Waals surface area contributed by atoms with Crippen molar-refractivity contribution in [3.63, 3.8) is 0 Å². The van der Waals surface area contributed by atoms with Crippen LogP contribution < -0.4 is 0 Å². The Morgan fingerprint density at radius 3 is 3.18 bits per heavy atom. The number of hydrogen-bond donors (Lipinski definition) is 1. The van der Waals surface area contributed by atoms with Crippen LogP contribution in [0.1, 0.15) is 12.8 Å². The number of rotatable bonds is 0. The third-order valence-electron chi connectivity index (χ3n) is 2.36. The van der Waals surface area contributed by atoms with E-state index in [1.54, 1.807) is 4.90 Å². The second-order valence-corrected chi connectivity index (χ2v) is 3.05. The molecule has 0 aromatic heterocycles. The lowest BCUT2D eigenvalue weighted by molar-refractivity contribution is 0.0503. The van der Waals surface area contributed by atoms with Crippen molar-refractivity contribution >= 4 is 6.09 Å². The number of carbonyl (C=O) groups excluding carboxylic acids is 1. The summed E-state index contributed by atoms with van der Waals surface area (Å²) in [6.07, 6.45) is 1.02. The van der Waals surface area contributed by atoms with E-state index in [1.165, 1.54) is 0 Å². The van der Waals surface area contributed by atoms with E-state index in [0.717, 1.165) is 19.4 Å². The van der Waals surface area contributed by atoms with Gasteiger partial charge in [-0.25, -0.2) is 4.79 Å². The normalized spacial score (nSPS) is 36.8. The molecule has 2 rings (SSSR count). The standard InChI is InChI=1S/C7H11NO3/c9-6-2-1-3-8-5(6)4-11-7(8)10/h5-6,9H,1-4H2/t5-,6+/m0/s1. The van der Waals surface area contributed by atoms with Gasteiger partial charge in [0, 0.05) is 6.54 Å². The second kappa shape index (κ2) is 2.37. The maximum absolute atomic E-state index is 10.9. The Hall–Kier alpha value is -0.770. The first-order valence-electron chi connectivity index (χ1n) is 3.90. The topological polar surface area (TPSA) is 49.8 Å². The van der Waals surface area contributed by atoms with Crippen LogP contribution in [0, 0.1) is 0 Å². The number of nitrogens with zero attached hydrogens (tertiary/aromatic N) is 1. The minimum atomic E-state index is -0.379. The van der Waals surface area contributed by atoms with Gasteiger partial charge >= 0.3 is 6.09 Å². The number of carbonyl (C=O) groups is 1. The summed E-state index contributed by atoms with van der Waals surface area (Å²) in [4.78, 5) is 12.6. The molecular weight excluding hydrogens is 146 g/mol. The smallest absolute Gasteiger partial charge is 0.410 e. The van der Waals surface area contributed by atoms with Gasteiger partial charge in [0.15, 0.2) is 0 Å². The van der Waals surface area contributed by atoms with Gasteiger partial charge in [-0.3, -0.25) is 4.90 Å². The van der Waals surface area contributed by atoms with Crippen LogP contribution in [0.25, 0.3) is 0 Å². The lowest BCUT2D eigenvalue weighted by atomic mass is 10.0. The van der Waals surface area contributed by atoms with Crippen molar-refractivity contribution in [2.24, 2.45) is 0 Å². The zero-order valence-electron chi connectivity index (χ0n) is 6.19. The number of amides is 1. The van der Waals surface area contributed by atoms with Gasteiger partial charge in [0.25, 0.3) is 0 Å². The van der Waals surface area contributed by atoms with E-state index in [2.05, 4.69) is 0 Å². The Morgan fingerprint density at radius 2 is 2.45 bits per heavy atom. The molecule has 2 atom stereocenters. The largest absolute Gasteiger partial charge is 0.447 e. The highest BCUT2D eigenvalue weighted by atomic mass is 16.6. The number of ether oxygens (including phenoxy) is 1. The molecule has 0 saturated carbocycles. The van der Waals surface area contributed by atoms with Gasteiger partial charge in [0.2, 0.25) is 0 Å². The number of cyclic esters (lactones) is 1. The highest BCUT2D eigenvalue weighted by Crippen LogP contribution is 2.23. The fraction of sp³-hybridized carbons (Fsp3) is 0.857. The molecule has 2 heterocycles. The number of aliphatic hydroxyl groups excluding tert-OH is 1. The molecule has 0 bridgehead atoms. The molecule has 0 radical (unpaired) electrons. The second-order valence-electron chi connectivity index (χ2n) is 3.05. The van der Waals surface area contributed by atoms with Crippen molar-refractivity contribution in [3.05, 3.63) is 0 Å². The minimum Gasteiger partial charge on any atom is -0.447 e. The van der Waals surface area contributed by atoms with Crippen LogP contribution in [0.15, 0.2) is 0 Å². The summed E-state index contributed by atoms with van der Waals surface area (Å²) in [6, 6.07) is -0.0729. The first-order chi connectivity index (χ1) is 5.29. The summed E-state index contributed by atoms with van der Waals surface area (Å²) >= 11 is 0. The average Bonchev–Trinajstić information content (AvgIpc) is 2.35. The van der Waals surface area contributed by atoms with Crippen LogP contribution in [0.2, 0.25) is 0 Å². The Morgan fingerprint density at radius 1 is 1.64 bits per heavy atom. The van der Waals surface area contributed by atoms with Crippen LogP contribution >= 0.6 is 0 Å². The lowest BCUT2D eigenvalue weighted by Gasteiger charge is -2.30.